The van der Waals surface area contributed by atoms with Crippen molar-refractivity contribution in [3.8, 4) is 0 Å². The van der Waals surface area contributed by atoms with Gasteiger partial charge in [0.05, 0.1) is 0 Å². The quantitative estimate of drug-likeness (QED) is 0.446. The van der Waals surface area contributed by atoms with E-state index in [1.165, 1.54) is 6.92 Å². The van der Waals surface area contributed by atoms with Gasteiger partial charge in [-0.05, 0) is 6.92 Å². The average Bonchev–Trinajstić information content (AvgIpc) is 2.60. The van der Waals surface area contributed by atoms with Gasteiger partial charge >= 0.3 is 18.3 Å². The topological polar surface area (TPSA) is 35.5 Å². The predicted octanol–water partition coefficient (Wildman–Crippen LogP) is 3.11. The Bertz CT molecular complexity index is 370. The van der Waals surface area contributed by atoms with E-state index in [4.69, 9.17) is 0 Å². The van der Waals surface area contributed by atoms with E-state index in [2.05, 4.69) is 16.1 Å². The lowest BCUT2D eigenvalue weighted by molar-refractivity contribution is -0.385. The summed E-state index contributed by atoms with van der Waals surface area (Å²) in [5, 5.41) is 0. The first-order chi connectivity index (χ1) is 8.41. The van der Waals surface area contributed by atoms with Crippen molar-refractivity contribution in [1.82, 2.24) is 0 Å². The summed E-state index contributed by atoms with van der Waals surface area (Å²) in [5.74, 6) is -1.11. The standard InChI is InChI=1S/C10H10F6O3/c1-5(2)7(17)18-6-3-4-8(19-6,9(11,12)13)10(14,15)16/h6H,1,3-4H2,2H3. The Morgan fingerprint density at radius 3 is 2.05 bits per heavy atom. The maximum Gasteiger partial charge on any atom is 0.426 e. The summed E-state index contributed by atoms with van der Waals surface area (Å²) in [6.45, 7) is 4.36. The minimum atomic E-state index is -5.64. The highest BCUT2D eigenvalue weighted by atomic mass is 19.4. The number of carbonyl (C=O) groups is 1. The molecule has 0 bridgehead atoms. The predicted molar refractivity (Wildman–Crippen MR) is 49.9 cm³/mol. The Hall–Kier alpha value is -1.25. The third-order valence-electron chi connectivity index (χ3n) is 2.57. The van der Waals surface area contributed by atoms with Crippen molar-refractivity contribution in [1.29, 1.82) is 0 Å². The maximum absolute atomic E-state index is 12.6. The van der Waals surface area contributed by atoms with Crippen LogP contribution < -0.4 is 0 Å². The van der Waals surface area contributed by atoms with E-state index in [0.29, 0.717) is 0 Å². The minimum Gasteiger partial charge on any atom is -0.432 e. The molecular weight excluding hydrogens is 282 g/mol. The van der Waals surface area contributed by atoms with Crippen molar-refractivity contribution in [2.24, 2.45) is 0 Å². The molecule has 19 heavy (non-hydrogen) atoms. The van der Waals surface area contributed by atoms with Crippen LogP contribution in [-0.4, -0.2) is 30.2 Å². The zero-order chi connectivity index (χ0) is 15.1. The lowest BCUT2D eigenvalue weighted by Crippen LogP contribution is -2.56. The molecule has 0 radical (unpaired) electrons. The normalized spacial score (nSPS) is 23.2. The van der Waals surface area contributed by atoms with E-state index in [9.17, 15) is 31.1 Å². The van der Waals surface area contributed by atoms with Crippen LogP contribution in [-0.2, 0) is 14.3 Å². The molecule has 9 heteroatoms. The Morgan fingerprint density at radius 2 is 1.74 bits per heavy atom. The zero-order valence-corrected chi connectivity index (χ0v) is 9.69. The number of ether oxygens (including phenoxy) is 2. The summed E-state index contributed by atoms with van der Waals surface area (Å²) < 4.78 is 83.8. The van der Waals surface area contributed by atoms with Crippen LogP contribution in [0.3, 0.4) is 0 Å². The van der Waals surface area contributed by atoms with Crippen molar-refractivity contribution in [3.05, 3.63) is 12.2 Å². The number of hydrogen-bond donors (Lipinski definition) is 0. The molecule has 1 atom stereocenters. The molecule has 3 nitrogen and oxygen atoms in total. The molecule has 1 unspecified atom stereocenters. The zero-order valence-electron chi connectivity index (χ0n) is 9.69. The van der Waals surface area contributed by atoms with E-state index < -0.39 is 43.1 Å². The van der Waals surface area contributed by atoms with Crippen molar-refractivity contribution in [2.45, 2.75) is 44.0 Å². The fourth-order valence-electron chi connectivity index (χ4n) is 1.54. The second-order valence-electron chi connectivity index (χ2n) is 4.09. The van der Waals surface area contributed by atoms with Crippen LogP contribution in [0.4, 0.5) is 26.3 Å². The highest BCUT2D eigenvalue weighted by Crippen LogP contribution is 2.53. The molecule has 0 amide bonds. The monoisotopic (exact) mass is 292 g/mol. The molecule has 0 aromatic rings. The smallest absolute Gasteiger partial charge is 0.426 e. The van der Waals surface area contributed by atoms with E-state index in [0.717, 1.165) is 0 Å². The first-order valence-electron chi connectivity index (χ1n) is 5.08. The van der Waals surface area contributed by atoms with Crippen molar-refractivity contribution in [3.63, 3.8) is 0 Å². The number of carbonyl (C=O) groups excluding carboxylic acids is 1. The van der Waals surface area contributed by atoms with Gasteiger partial charge in [0, 0.05) is 18.4 Å². The van der Waals surface area contributed by atoms with Gasteiger partial charge in [0.25, 0.3) is 5.60 Å². The first-order valence-corrected chi connectivity index (χ1v) is 5.08. The van der Waals surface area contributed by atoms with Crippen molar-refractivity contribution >= 4 is 5.97 Å². The van der Waals surface area contributed by atoms with Crippen molar-refractivity contribution in [2.75, 3.05) is 0 Å². The molecule has 1 saturated heterocycles. The van der Waals surface area contributed by atoms with Crippen LogP contribution in [0.15, 0.2) is 12.2 Å². The van der Waals surface area contributed by atoms with Crippen LogP contribution in [0.25, 0.3) is 0 Å². The second-order valence-corrected chi connectivity index (χ2v) is 4.09. The first kappa shape index (κ1) is 15.8. The van der Waals surface area contributed by atoms with Crippen LogP contribution in [0.2, 0.25) is 0 Å². The Balaban J connectivity index is 2.91. The Kier molecular flexibility index (Phi) is 3.91. The Labute approximate surface area is 104 Å². The van der Waals surface area contributed by atoms with Gasteiger partial charge < -0.3 is 9.47 Å². The summed E-state index contributed by atoms with van der Waals surface area (Å²) in [6, 6.07) is 0. The van der Waals surface area contributed by atoms with Gasteiger partial charge in [0.2, 0.25) is 6.29 Å². The molecule has 1 aliphatic heterocycles. The number of halogens is 6. The fraction of sp³-hybridized carbons (Fsp3) is 0.700. The molecule has 0 N–H and O–H groups in total. The third-order valence-corrected chi connectivity index (χ3v) is 2.57. The van der Waals surface area contributed by atoms with E-state index in [1.807, 2.05) is 0 Å². The SMILES string of the molecule is C=C(C)C(=O)OC1CCC(C(F)(F)F)(C(F)(F)F)O1. The molecule has 1 heterocycles. The lowest BCUT2D eigenvalue weighted by Gasteiger charge is -2.32. The molecular formula is C10H10F6O3. The number of hydrogen-bond acceptors (Lipinski definition) is 3. The molecule has 0 saturated carbocycles. The molecule has 0 aromatic carbocycles. The summed E-state index contributed by atoms with van der Waals surface area (Å²) >= 11 is 0. The summed E-state index contributed by atoms with van der Waals surface area (Å²) in [4.78, 5) is 11.0. The van der Waals surface area contributed by atoms with Crippen molar-refractivity contribution < 1.29 is 40.6 Å². The van der Waals surface area contributed by atoms with Crippen LogP contribution in [0, 0.1) is 0 Å². The molecule has 1 fully saturated rings. The average molecular weight is 292 g/mol. The summed E-state index contributed by atoms with van der Waals surface area (Å²) in [6.07, 6.45) is -15.2. The molecule has 0 spiro atoms. The fourth-order valence-corrected chi connectivity index (χ4v) is 1.54. The van der Waals surface area contributed by atoms with Gasteiger partial charge in [-0.3, -0.25) is 0 Å². The minimum absolute atomic E-state index is 0.153. The number of rotatable bonds is 2. The maximum atomic E-state index is 12.6. The largest absolute Gasteiger partial charge is 0.432 e. The van der Waals surface area contributed by atoms with E-state index in [-0.39, 0.29) is 5.57 Å². The highest BCUT2D eigenvalue weighted by Gasteiger charge is 2.75. The molecule has 110 valence electrons. The van der Waals surface area contributed by atoms with Crippen LogP contribution in [0.5, 0.6) is 0 Å². The van der Waals surface area contributed by atoms with Gasteiger partial charge in [-0.25, -0.2) is 4.79 Å². The Morgan fingerprint density at radius 1 is 1.26 bits per heavy atom. The van der Waals surface area contributed by atoms with Gasteiger partial charge in [0.1, 0.15) is 0 Å². The molecule has 0 aliphatic carbocycles. The van der Waals surface area contributed by atoms with Gasteiger partial charge in [0.15, 0.2) is 0 Å². The number of esters is 1. The summed E-state index contributed by atoms with van der Waals surface area (Å²) in [7, 11) is 0. The van der Waals surface area contributed by atoms with Gasteiger partial charge in [-0.1, -0.05) is 6.58 Å². The summed E-state index contributed by atoms with van der Waals surface area (Å²) in [5.41, 5.74) is -4.44. The van der Waals surface area contributed by atoms with Gasteiger partial charge in [-0.2, -0.15) is 26.3 Å². The third kappa shape index (κ3) is 2.85. The lowest BCUT2D eigenvalue weighted by atomic mass is 9.99. The second kappa shape index (κ2) is 4.69. The van der Waals surface area contributed by atoms with Crippen LogP contribution >= 0.6 is 0 Å². The molecule has 1 rings (SSSR count). The highest BCUT2D eigenvalue weighted by molar-refractivity contribution is 5.87. The van der Waals surface area contributed by atoms with E-state index >= 15 is 0 Å². The molecule has 0 aromatic heterocycles. The van der Waals surface area contributed by atoms with Gasteiger partial charge in [-0.15, -0.1) is 0 Å². The number of alkyl halides is 6. The van der Waals surface area contributed by atoms with Crippen LogP contribution in [0.1, 0.15) is 19.8 Å². The van der Waals surface area contributed by atoms with E-state index in [1.54, 1.807) is 0 Å². The molecule has 1 aliphatic rings.